The summed E-state index contributed by atoms with van der Waals surface area (Å²) >= 11 is 2.12. The topological polar surface area (TPSA) is 15.3 Å². The maximum atomic E-state index is 3.46. The van der Waals surface area contributed by atoms with Crippen LogP contribution in [0.4, 0.5) is 0 Å². The van der Waals surface area contributed by atoms with Crippen molar-refractivity contribution in [2.45, 2.75) is 25.8 Å². The van der Waals surface area contributed by atoms with E-state index in [1.54, 1.807) is 0 Å². The van der Waals surface area contributed by atoms with Crippen molar-refractivity contribution < 1.29 is 0 Å². The molecule has 2 saturated heterocycles. The van der Waals surface area contributed by atoms with Gasteiger partial charge < -0.3 is 5.32 Å². The number of nitrogens with one attached hydrogen (secondary N) is 1. The van der Waals surface area contributed by atoms with Gasteiger partial charge in [-0.15, -0.1) is 0 Å². The lowest BCUT2D eigenvalue weighted by Crippen LogP contribution is -2.38. The average Bonchev–Trinajstić information content (AvgIpc) is 2.60. The molecule has 2 heterocycles. The van der Waals surface area contributed by atoms with Crippen LogP contribution in [-0.4, -0.2) is 48.6 Å². The molecule has 0 bridgehead atoms. The zero-order chi connectivity index (χ0) is 9.80. The molecule has 2 nitrogen and oxygen atoms in total. The summed E-state index contributed by atoms with van der Waals surface area (Å²) in [6.45, 7) is 7.52. The fraction of sp³-hybridized carbons (Fsp3) is 1.00. The van der Waals surface area contributed by atoms with Gasteiger partial charge in [-0.2, -0.15) is 11.8 Å². The van der Waals surface area contributed by atoms with E-state index in [0.717, 1.165) is 12.0 Å². The van der Waals surface area contributed by atoms with Crippen LogP contribution in [0.15, 0.2) is 0 Å². The first-order valence-corrected chi connectivity index (χ1v) is 7.04. The van der Waals surface area contributed by atoms with Gasteiger partial charge in [-0.25, -0.2) is 0 Å². The molecular formula is C11H22N2S. The molecular weight excluding hydrogens is 192 g/mol. The highest BCUT2D eigenvalue weighted by Crippen LogP contribution is 2.19. The average molecular weight is 214 g/mol. The van der Waals surface area contributed by atoms with Gasteiger partial charge in [0.15, 0.2) is 0 Å². The van der Waals surface area contributed by atoms with Crippen LogP contribution >= 0.6 is 11.8 Å². The summed E-state index contributed by atoms with van der Waals surface area (Å²) in [6, 6.07) is 0.811. The maximum absolute atomic E-state index is 3.46. The first-order chi connectivity index (χ1) is 6.86. The number of nitrogens with zero attached hydrogens (tertiary/aromatic N) is 1. The first-order valence-electron chi connectivity index (χ1n) is 5.89. The largest absolute Gasteiger partial charge is 0.316 e. The summed E-state index contributed by atoms with van der Waals surface area (Å²) in [7, 11) is 0. The summed E-state index contributed by atoms with van der Waals surface area (Å²) in [5.41, 5.74) is 0. The van der Waals surface area contributed by atoms with E-state index in [1.165, 1.54) is 50.5 Å². The highest BCUT2D eigenvalue weighted by Gasteiger charge is 2.22. The Bertz CT molecular complexity index is 169. The Morgan fingerprint density at radius 1 is 1.36 bits per heavy atom. The Kier molecular flexibility index (Phi) is 4.14. The van der Waals surface area contributed by atoms with Gasteiger partial charge >= 0.3 is 0 Å². The van der Waals surface area contributed by atoms with Gasteiger partial charge in [-0.1, -0.05) is 0 Å². The van der Waals surface area contributed by atoms with E-state index in [0.29, 0.717) is 0 Å². The number of rotatable bonds is 2. The Hall–Kier alpha value is 0.270. The fourth-order valence-electron chi connectivity index (χ4n) is 2.41. The lowest BCUT2D eigenvalue weighted by atomic mass is 10.1. The molecule has 2 unspecified atom stereocenters. The van der Waals surface area contributed by atoms with Crippen molar-refractivity contribution in [1.29, 1.82) is 0 Å². The molecule has 1 N–H and O–H groups in total. The van der Waals surface area contributed by atoms with Gasteiger partial charge in [0, 0.05) is 24.9 Å². The van der Waals surface area contributed by atoms with Crippen LogP contribution in [0.3, 0.4) is 0 Å². The maximum Gasteiger partial charge on any atom is 0.00753 e. The molecule has 0 spiro atoms. The molecule has 2 aliphatic rings. The van der Waals surface area contributed by atoms with Crippen molar-refractivity contribution >= 4 is 11.8 Å². The van der Waals surface area contributed by atoms with Crippen molar-refractivity contribution in [3.63, 3.8) is 0 Å². The molecule has 2 fully saturated rings. The summed E-state index contributed by atoms with van der Waals surface area (Å²) in [5, 5.41) is 3.46. The third kappa shape index (κ3) is 2.88. The molecule has 0 aromatic heterocycles. The SMILES string of the molecule is CC1CCSCCN1CC1CCNC1. The van der Waals surface area contributed by atoms with Crippen molar-refractivity contribution in [1.82, 2.24) is 10.2 Å². The van der Waals surface area contributed by atoms with Crippen LogP contribution in [0.25, 0.3) is 0 Å². The fourth-order valence-corrected chi connectivity index (χ4v) is 3.49. The Morgan fingerprint density at radius 2 is 2.29 bits per heavy atom. The highest BCUT2D eigenvalue weighted by molar-refractivity contribution is 7.99. The van der Waals surface area contributed by atoms with Crippen molar-refractivity contribution in [2.75, 3.05) is 37.7 Å². The van der Waals surface area contributed by atoms with Crippen molar-refractivity contribution in [3.8, 4) is 0 Å². The quantitative estimate of drug-likeness (QED) is 0.748. The Morgan fingerprint density at radius 3 is 3.07 bits per heavy atom. The van der Waals surface area contributed by atoms with Gasteiger partial charge in [0.1, 0.15) is 0 Å². The van der Waals surface area contributed by atoms with Gasteiger partial charge in [-0.05, 0) is 44.5 Å². The molecule has 0 radical (unpaired) electrons. The van der Waals surface area contributed by atoms with Crippen LogP contribution in [0, 0.1) is 5.92 Å². The summed E-state index contributed by atoms with van der Waals surface area (Å²) in [5.74, 6) is 3.62. The van der Waals surface area contributed by atoms with Crippen LogP contribution in [0.5, 0.6) is 0 Å². The Labute approximate surface area is 91.8 Å². The third-order valence-corrected chi connectivity index (χ3v) is 4.48. The monoisotopic (exact) mass is 214 g/mol. The molecule has 2 rings (SSSR count). The standard InChI is InChI=1S/C11H22N2S/c1-10-3-6-14-7-5-13(10)9-11-2-4-12-8-11/h10-12H,2-9H2,1H3. The molecule has 14 heavy (non-hydrogen) atoms. The predicted octanol–water partition coefficient (Wildman–Crippen LogP) is 1.42. The zero-order valence-corrected chi connectivity index (χ0v) is 9.98. The van der Waals surface area contributed by atoms with Crippen LogP contribution < -0.4 is 5.32 Å². The molecule has 2 aliphatic heterocycles. The van der Waals surface area contributed by atoms with Crippen LogP contribution in [0.1, 0.15) is 19.8 Å². The van der Waals surface area contributed by atoms with E-state index in [4.69, 9.17) is 0 Å². The summed E-state index contributed by atoms with van der Waals surface area (Å²) < 4.78 is 0. The molecule has 0 aromatic rings. The molecule has 3 heteroatoms. The minimum Gasteiger partial charge on any atom is -0.316 e. The van der Waals surface area contributed by atoms with Gasteiger partial charge in [-0.3, -0.25) is 4.90 Å². The number of hydrogen-bond donors (Lipinski definition) is 1. The Balaban J connectivity index is 1.81. The smallest absolute Gasteiger partial charge is 0.00753 e. The van der Waals surface area contributed by atoms with Crippen LogP contribution in [0.2, 0.25) is 0 Å². The van der Waals surface area contributed by atoms with Gasteiger partial charge in [0.25, 0.3) is 0 Å². The highest BCUT2D eigenvalue weighted by atomic mass is 32.2. The van der Waals surface area contributed by atoms with E-state index < -0.39 is 0 Å². The third-order valence-electron chi connectivity index (χ3n) is 3.48. The minimum atomic E-state index is 0.811. The molecule has 0 aliphatic carbocycles. The normalized spacial score (nSPS) is 35.8. The summed E-state index contributed by atoms with van der Waals surface area (Å²) in [6.07, 6.45) is 2.77. The molecule has 82 valence electrons. The second-order valence-corrected chi connectivity index (χ2v) is 5.83. The number of thioether (sulfide) groups is 1. The summed E-state index contributed by atoms with van der Waals surface area (Å²) in [4.78, 5) is 2.71. The van der Waals surface area contributed by atoms with Crippen molar-refractivity contribution in [2.24, 2.45) is 5.92 Å². The van der Waals surface area contributed by atoms with Crippen molar-refractivity contribution in [3.05, 3.63) is 0 Å². The van der Waals surface area contributed by atoms with E-state index >= 15 is 0 Å². The molecule has 2 atom stereocenters. The lowest BCUT2D eigenvalue weighted by Gasteiger charge is -2.28. The second kappa shape index (κ2) is 5.38. The minimum absolute atomic E-state index is 0.811. The molecule has 0 amide bonds. The van der Waals surface area contributed by atoms with Crippen LogP contribution in [-0.2, 0) is 0 Å². The zero-order valence-electron chi connectivity index (χ0n) is 9.17. The molecule has 0 saturated carbocycles. The van der Waals surface area contributed by atoms with Gasteiger partial charge in [0.05, 0.1) is 0 Å². The molecule has 0 aromatic carbocycles. The number of hydrogen-bond acceptors (Lipinski definition) is 3. The van der Waals surface area contributed by atoms with E-state index in [-0.39, 0.29) is 0 Å². The van der Waals surface area contributed by atoms with E-state index in [1.807, 2.05) is 0 Å². The first kappa shape index (κ1) is 10.8. The predicted molar refractivity (Wildman–Crippen MR) is 64.0 cm³/mol. The van der Waals surface area contributed by atoms with E-state index in [9.17, 15) is 0 Å². The second-order valence-electron chi connectivity index (χ2n) is 4.60. The lowest BCUT2D eigenvalue weighted by molar-refractivity contribution is 0.192. The van der Waals surface area contributed by atoms with E-state index in [2.05, 4.69) is 28.9 Å². The van der Waals surface area contributed by atoms with Gasteiger partial charge in [0.2, 0.25) is 0 Å².